The molecule has 0 heterocycles. The molecule has 2 aromatic carbocycles. The second-order valence-electron chi connectivity index (χ2n) is 4.02. The van der Waals surface area contributed by atoms with Crippen LogP contribution in [0.25, 0.3) is 11.1 Å². The molecule has 2 aromatic rings. The van der Waals surface area contributed by atoms with Gasteiger partial charge >= 0.3 is 5.97 Å². The van der Waals surface area contributed by atoms with Crippen LogP contribution in [0.4, 0.5) is 5.69 Å². The SMILES string of the molecule is COC(=O)c1ccc(-c2ccc(OC)cc2)cc1N. The Morgan fingerprint density at radius 1 is 1.00 bits per heavy atom. The monoisotopic (exact) mass is 257 g/mol. The van der Waals surface area contributed by atoms with Gasteiger partial charge in [0.15, 0.2) is 0 Å². The Morgan fingerprint density at radius 3 is 2.16 bits per heavy atom. The van der Waals surface area contributed by atoms with Crippen molar-refractivity contribution in [3.8, 4) is 16.9 Å². The Labute approximate surface area is 111 Å². The lowest BCUT2D eigenvalue weighted by Gasteiger charge is -2.08. The van der Waals surface area contributed by atoms with Crippen LogP contribution in [0.15, 0.2) is 42.5 Å². The van der Waals surface area contributed by atoms with Crippen molar-refractivity contribution in [2.45, 2.75) is 0 Å². The van der Waals surface area contributed by atoms with E-state index in [4.69, 9.17) is 10.5 Å². The molecule has 0 unspecified atom stereocenters. The molecule has 19 heavy (non-hydrogen) atoms. The number of carbonyl (C=O) groups excluding carboxylic acids is 1. The molecule has 0 aliphatic carbocycles. The zero-order valence-corrected chi connectivity index (χ0v) is 10.8. The predicted molar refractivity (Wildman–Crippen MR) is 74.2 cm³/mol. The normalized spacial score (nSPS) is 10.0. The third-order valence-electron chi connectivity index (χ3n) is 2.88. The van der Waals surface area contributed by atoms with Crippen LogP contribution in [-0.2, 0) is 4.74 Å². The number of nitrogen functional groups attached to an aromatic ring is 1. The fourth-order valence-corrected chi connectivity index (χ4v) is 1.82. The van der Waals surface area contributed by atoms with Crippen molar-refractivity contribution in [2.75, 3.05) is 20.0 Å². The summed E-state index contributed by atoms with van der Waals surface area (Å²) in [6.07, 6.45) is 0. The molecule has 0 aliphatic heterocycles. The van der Waals surface area contributed by atoms with E-state index in [1.54, 1.807) is 19.2 Å². The first kappa shape index (κ1) is 13.0. The van der Waals surface area contributed by atoms with Gasteiger partial charge in [0.2, 0.25) is 0 Å². The molecule has 2 rings (SSSR count). The third-order valence-corrected chi connectivity index (χ3v) is 2.88. The van der Waals surface area contributed by atoms with E-state index in [1.807, 2.05) is 30.3 Å². The second-order valence-corrected chi connectivity index (χ2v) is 4.02. The molecule has 0 saturated carbocycles. The van der Waals surface area contributed by atoms with Crippen LogP contribution in [0.3, 0.4) is 0 Å². The molecule has 0 amide bonds. The Bertz CT molecular complexity index is 591. The van der Waals surface area contributed by atoms with Gasteiger partial charge in [0, 0.05) is 5.69 Å². The minimum atomic E-state index is -0.432. The Morgan fingerprint density at radius 2 is 1.63 bits per heavy atom. The smallest absolute Gasteiger partial charge is 0.339 e. The Balaban J connectivity index is 2.35. The van der Waals surface area contributed by atoms with Gasteiger partial charge in [0.1, 0.15) is 5.75 Å². The second kappa shape index (κ2) is 5.44. The molecule has 4 nitrogen and oxygen atoms in total. The number of carbonyl (C=O) groups is 1. The molecule has 0 atom stereocenters. The van der Waals surface area contributed by atoms with Gasteiger partial charge in [0.05, 0.1) is 19.8 Å². The summed E-state index contributed by atoms with van der Waals surface area (Å²) in [5.74, 6) is 0.363. The van der Waals surface area contributed by atoms with E-state index < -0.39 is 5.97 Å². The fourth-order valence-electron chi connectivity index (χ4n) is 1.82. The lowest BCUT2D eigenvalue weighted by atomic mass is 10.0. The summed E-state index contributed by atoms with van der Waals surface area (Å²) < 4.78 is 9.77. The highest BCUT2D eigenvalue weighted by Crippen LogP contribution is 2.26. The molecule has 4 heteroatoms. The molecular weight excluding hydrogens is 242 g/mol. The number of methoxy groups -OCH3 is 2. The summed E-state index contributed by atoms with van der Waals surface area (Å²) in [7, 11) is 2.96. The number of ether oxygens (including phenoxy) is 2. The maximum absolute atomic E-state index is 11.4. The summed E-state index contributed by atoms with van der Waals surface area (Å²) in [5.41, 5.74) is 8.58. The topological polar surface area (TPSA) is 61.5 Å². The maximum Gasteiger partial charge on any atom is 0.339 e. The van der Waals surface area contributed by atoms with Crippen molar-refractivity contribution >= 4 is 11.7 Å². The lowest BCUT2D eigenvalue weighted by Crippen LogP contribution is -2.05. The van der Waals surface area contributed by atoms with Gasteiger partial charge < -0.3 is 15.2 Å². The van der Waals surface area contributed by atoms with Crippen molar-refractivity contribution in [1.82, 2.24) is 0 Å². The molecule has 0 saturated heterocycles. The van der Waals surface area contributed by atoms with E-state index in [2.05, 4.69) is 4.74 Å². The van der Waals surface area contributed by atoms with E-state index in [1.165, 1.54) is 7.11 Å². The molecule has 0 fully saturated rings. The number of anilines is 1. The summed E-state index contributed by atoms with van der Waals surface area (Å²) in [4.78, 5) is 11.4. The third kappa shape index (κ3) is 2.68. The standard InChI is InChI=1S/C15H15NO3/c1-18-12-6-3-10(4-7-12)11-5-8-13(14(16)9-11)15(17)19-2/h3-9H,16H2,1-2H3. The zero-order valence-electron chi connectivity index (χ0n) is 10.8. The first-order valence-electron chi connectivity index (χ1n) is 5.78. The van der Waals surface area contributed by atoms with Crippen LogP contribution in [0.1, 0.15) is 10.4 Å². The van der Waals surface area contributed by atoms with E-state index in [9.17, 15) is 4.79 Å². The van der Waals surface area contributed by atoms with E-state index >= 15 is 0 Å². The average molecular weight is 257 g/mol. The van der Waals surface area contributed by atoms with Crippen LogP contribution < -0.4 is 10.5 Å². The van der Waals surface area contributed by atoms with Crippen LogP contribution in [-0.4, -0.2) is 20.2 Å². The summed E-state index contributed by atoms with van der Waals surface area (Å²) in [6, 6.07) is 12.9. The number of rotatable bonds is 3. The van der Waals surface area contributed by atoms with Crippen LogP contribution in [0, 0.1) is 0 Å². The van der Waals surface area contributed by atoms with Gasteiger partial charge in [-0.25, -0.2) is 4.79 Å². The summed E-state index contributed by atoms with van der Waals surface area (Å²) in [5, 5.41) is 0. The predicted octanol–water partition coefficient (Wildman–Crippen LogP) is 2.73. The largest absolute Gasteiger partial charge is 0.497 e. The highest BCUT2D eigenvalue weighted by Gasteiger charge is 2.10. The van der Waals surface area contributed by atoms with Gasteiger partial charge in [-0.15, -0.1) is 0 Å². The minimum absolute atomic E-state index is 0.375. The number of esters is 1. The van der Waals surface area contributed by atoms with Gasteiger partial charge in [-0.2, -0.15) is 0 Å². The van der Waals surface area contributed by atoms with Crippen LogP contribution >= 0.6 is 0 Å². The molecule has 2 N–H and O–H groups in total. The van der Waals surface area contributed by atoms with Gasteiger partial charge in [-0.1, -0.05) is 18.2 Å². The molecule has 0 aromatic heterocycles. The van der Waals surface area contributed by atoms with Crippen LogP contribution in [0.2, 0.25) is 0 Å². The molecule has 0 aliphatic rings. The van der Waals surface area contributed by atoms with Crippen LogP contribution in [0.5, 0.6) is 5.75 Å². The van der Waals surface area contributed by atoms with Gasteiger partial charge in [0.25, 0.3) is 0 Å². The number of hydrogen-bond donors (Lipinski definition) is 1. The molecule has 0 spiro atoms. The number of benzene rings is 2. The first-order chi connectivity index (χ1) is 9.15. The zero-order chi connectivity index (χ0) is 13.8. The lowest BCUT2D eigenvalue weighted by molar-refractivity contribution is 0.0602. The van der Waals surface area contributed by atoms with Crippen molar-refractivity contribution in [3.63, 3.8) is 0 Å². The van der Waals surface area contributed by atoms with E-state index in [0.717, 1.165) is 16.9 Å². The molecule has 0 bridgehead atoms. The quantitative estimate of drug-likeness (QED) is 0.678. The molecule has 98 valence electrons. The van der Waals surface area contributed by atoms with E-state index in [-0.39, 0.29) is 0 Å². The van der Waals surface area contributed by atoms with E-state index in [0.29, 0.717) is 11.3 Å². The fraction of sp³-hybridized carbons (Fsp3) is 0.133. The highest BCUT2D eigenvalue weighted by molar-refractivity contribution is 5.96. The van der Waals surface area contributed by atoms with Gasteiger partial charge in [-0.3, -0.25) is 0 Å². The average Bonchev–Trinajstić information content (AvgIpc) is 2.46. The summed E-state index contributed by atoms with van der Waals surface area (Å²) >= 11 is 0. The number of nitrogens with two attached hydrogens (primary N) is 1. The maximum atomic E-state index is 11.4. The van der Waals surface area contributed by atoms with Crippen molar-refractivity contribution in [1.29, 1.82) is 0 Å². The minimum Gasteiger partial charge on any atom is -0.497 e. The number of hydrogen-bond acceptors (Lipinski definition) is 4. The Hall–Kier alpha value is -2.49. The Kier molecular flexibility index (Phi) is 3.71. The summed E-state index contributed by atoms with van der Waals surface area (Å²) in [6.45, 7) is 0. The first-order valence-corrected chi connectivity index (χ1v) is 5.78. The molecular formula is C15H15NO3. The van der Waals surface area contributed by atoms with Crippen molar-refractivity contribution < 1.29 is 14.3 Å². The van der Waals surface area contributed by atoms with Crippen molar-refractivity contribution in [2.24, 2.45) is 0 Å². The van der Waals surface area contributed by atoms with Crippen molar-refractivity contribution in [3.05, 3.63) is 48.0 Å². The van der Waals surface area contributed by atoms with Gasteiger partial charge in [-0.05, 0) is 35.4 Å². The molecule has 0 radical (unpaired) electrons. The highest BCUT2D eigenvalue weighted by atomic mass is 16.5.